The smallest absolute Gasteiger partial charge is 0.341 e. The molecule has 2 N–H and O–H groups in total. The SMILES string of the molecule is CCOC(=O)c1cc(-c2ccccc2)sc1NC(=O)C1CC=CCC1C(=O)O. The number of aliphatic carboxylic acids is 1. The number of rotatable bonds is 6. The van der Waals surface area contributed by atoms with Crippen LogP contribution in [0.1, 0.15) is 30.1 Å². The Balaban J connectivity index is 1.90. The highest BCUT2D eigenvalue weighted by Crippen LogP contribution is 2.37. The molecule has 1 aliphatic carbocycles. The third kappa shape index (κ3) is 4.31. The summed E-state index contributed by atoms with van der Waals surface area (Å²) in [6.45, 7) is 1.93. The number of benzene rings is 1. The van der Waals surface area contributed by atoms with Crippen molar-refractivity contribution < 1.29 is 24.2 Å². The van der Waals surface area contributed by atoms with Crippen molar-refractivity contribution in [3.8, 4) is 10.4 Å². The van der Waals surface area contributed by atoms with Gasteiger partial charge in [0.1, 0.15) is 5.00 Å². The second kappa shape index (κ2) is 8.84. The summed E-state index contributed by atoms with van der Waals surface area (Å²) in [5.41, 5.74) is 1.19. The van der Waals surface area contributed by atoms with Crippen LogP contribution in [-0.2, 0) is 14.3 Å². The summed E-state index contributed by atoms with van der Waals surface area (Å²) < 4.78 is 5.12. The molecular weight excluding hydrogens is 378 g/mol. The number of esters is 1. The van der Waals surface area contributed by atoms with Gasteiger partial charge in [0, 0.05) is 4.88 Å². The van der Waals surface area contributed by atoms with E-state index in [1.165, 1.54) is 11.3 Å². The van der Waals surface area contributed by atoms with Crippen molar-refractivity contribution in [2.75, 3.05) is 11.9 Å². The number of carboxylic acids is 1. The van der Waals surface area contributed by atoms with E-state index in [-0.39, 0.29) is 12.2 Å². The summed E-state index contributed by atoms with van der Waals surface area (Å²) in [4.78, 5) is 37.5. The quantitative estimate of drug-likeness (QED) is 0.561. The monoisotopic (exact) mass is 399 g/mol. The molecule has 1 aliphatic rings. The van der Waals surface area contributed by atoms with Crippen LogP contribution in [0.25, 0.3) is 10.4 Å². The molecule has 3 rings (SSSR count). The fourth-order valence-corrected chi connectivity index (χ4v) is 4.22. The van der Waals surface area contributed by atoms with Crippen LogP contribution in [-0.4, -0.2) is 29.6 Å². The van der Waals surface area contributed by atoms with Crippen molar-refractivity contribution in [2.45, 2.75) is 19.8 Å². The van der Waals surface area contributed by atoms with Crippen LogP contribution >= 0.6 is 11.3 Å². The average Bonchev–Trinajstić information content (AvgIpc) is 3.12. The van der Waals surface area contributed by atoms with E-state index in [1.807, 2.05) is 36.4 Å². The number of carboxylic acid groups (broad SMARTS) is 1. The molecule has 1 heterocycles. The molecule has 2 unspecified atom stereocenters. The lowest BCUT2D eigenvalue weighted by Gasteiger charge is -2.24. The molecule has 2 atom stereocenters. The lowest BCUT2D eigenvalue weighted by molar-refractivity contribution is -0.146. The predicted molar refractivity (Wildman–Crippen MR) is 107 cm³/mol. The molecule has 0 aliphatic heterocycles. The molecule has 6 nitrogen and oxygen atoms in total. The van der Waals surface area contributed by atoms with Crippen molar-refractivity contribution in [1.82, 2.24) is 0 Å². The minimum atomic E-state index is -0.994. The van der Waals surface area contributed by atoms with Gasteiger partial charge in [-0.3, -0.25) is 9.59 Å². The van der Waals surface area contributed by atoms with Crippen LogP contribution in [0.4, 0.5) is 5.00 Å². The molecule has 0 spiro atoms. The number of anilines is 1. The van der Waals surface area contributed by atoms with E-state index in [0.717, 1.165) is 10.4 Å². The van der Waals surface area contributed by atoms with Crippen LogP contribution < -0.4 is 5.32 Å². The van der Waals surface area contributed by atoms with Gasteiger partial charge >= 0.3 is 11.9 Å². The van der Waals surface area contributed by atoms with Gasteiger partial charge in [0.2, 0.25) is 5.91 Å². The highest BCUT2D eigenvalue weighted by Gasteiger charge is 2.34. The Morgan fingerprint density at radius 3 is 2.46 bits per heavy atom. The van der Waals surface area contributed by atoms with E-state index in [9.17, 15) is 19.5 Å². The second-order valence-electron chi connectivity index (χ2n) is 6.42. The van der Waals surface area contributed by atoms with E-state index in [4.69, 9.17) is 4.74 Å². The number of amides is 1. The maximum absolute atomic E-state index is 12.8. The molecule has 0 bridgehead atoms. The zero-order chi connectivity index (χ0) is 20.1. The Morgan fingerprint density at radius 2 is 1.82 bits per heavy atom. The lowest BCUT2D eigenvalue weighted by atomic mass is 9.82. The Hall–Kier alpha value is -2.93. The maximum atomic E-state index is 12.8. The largest absolute Gasteiger partial charge is 0.481 e. The molecule has 7 heteroatoms. The van der Waals surface area contributed by atoms with Gasteiger partial charge in [0.15, 0.2) is 0 Å². The number of carbonyl (C=O) groups is 3. The Labute approximate surface area is 166 Å². The molecule has 0 fully saturated rings. The summed E-state index contributed by atoms with van der Waals surface area (Å²) in [5.74, 6) is -3.37. The van der Waals surface area contributed by atoms with E-state index >= 15 is 0 Å². The Bertz CT molecular complexity index is 903. The number of allylic oxidation sites excluding steroid dienone is 2. The summed E-state index contributed by atoms with van der Waals surface area (Å²) in [6.07, 6.45) is 4.28. The standard InChI is InChI=1S/C21H21NO5S/c1-2-27-21(26)16-12-17(13-8-4-3-5-9-13)28-19(16)22-18(23)14-10-6-7-11-15(14)20(24)25/h3-9,12,14-15H,2,10-11H2,1H3,(H,22,23)(H,24,25). The van der Waals surface area contributed by atoms with Crippen molar-refractivity contribution in [3.05, 3.63) is 54.1 Å². The normalized spacial score (nSPS) is 18.5. The summed E-state index contributed by atoms with van der Waals surface area (Å²) >= 11 is 1.27. The van der Waals surface area contributed by atoms with Gasteiger partial charge in [-0.15, -0.1) is 11.3 Å². The molecular formula is C21H21NO5S. The zero-order valence-corrected chi connectivity index (χ0v) is 16.2. The van der Waals surface area contributed by atoms with Crippen LogP contribution in [0.5, 0.6) is 0 Å². The minimum Gasteiger partial charge on any atom is -0.481 e. The van der Waals surface area contributed by atoms with E-state index in [2.05, 4.69) is 5.32 Å². The van der Waals surface area contributed by atoms with Gasteiger partial charge in [0.25, 0.3) is 0 Å². The number of hydrogen-bond donors (Lipinski definition) is 2. The average molecular weight is 399 g/mol. The van der Waals surface area contributed by atoms with E-state index < -0.39 is 29.7 Å². The van der Waals surface area contributed by atoms with Crippen LogP contribution in [0.2, 0.25) is 0 Å². The zero-order valence-electron chi connectivity index (χ0n) is 15.4. The number of hydrogen-bond acceptors (Lipinski definition) is 5. The van der Waals surface area contributed by atoms with E-state index in [1.54, 1.807) is 19.1 Å². The Morgan fingerprint density at radius 1 is 1.14 bits per heavy atom. The van der Waals surface area contributed by atoms with Crippen molar-refractivity contribution in [2.24, 2.45) is 11.8 Å². The summed E-state index contributed by atoms with van der Waals surface area (Å²) in [5, 5.41) is 12.6. The van der Waals surface area contributed by atoms with Crippen molar-refractivity contribution in [1.29, 1.82) is 0 Å². The first-order valence-electron chi connectivity index (χ1n) is 9.06. The van der Waals surface area contributed by atoms with Crippen molar-refractivity contribution in [3.63, 3.8) is 0 Å². The fourth-order valence-electron chi connectivity index (χ4n) is 3.17. The first-order chi connectivity index (χ1) is 13.5. The molecule has 0 saturated carbocycles. The predicted octanol–water partition coefficient (Wildman–Crippen LogP) is 4.20. The molecule has 28 heavy (non-hydrogen) atoms. The van der Waals surface area contributed by atoms with Gasteiger partial charge in [0.05, 0.1) is 24.0 Å². The molecule has 1 amide bonds. The number of carbonyl (C=O) groups excluding carboxylic acids is 2. The highest BCUT2D eigenvalue weighted by atomic mass is 32.1. The first kappa shape index (κ1) is 19.8. The summed E-state index contributed by atoms with van der Waals surface area (Å²) in [6, 6.07) is 11.2. The van der Waals surface area contributed by atoms with Crippen LogP contribution in [0.3, 0.4) is 0 Å². The Kier molecular flexibility index (Phi) is 6.26. The van der Waals surface area contributed by atoms with Gasteiger partial charge < -0.3 is 15.2 Å². The molecule has 1 aromatic carbocycles. The third-order valence-corrected chi connectivity index (χ3v) is 5.71. The summed E-state index contributed by atoms with van der Waals surface area (Å²) in [7, 11) is 0. The molecule has 1 aromatic heterocycles. The maximum Gasteiger partial charge on any atom is 0.341 e. The molecule has 0 saturated heterocycles. The van der Waals surface area contributed by atoms with Gasteiger partial charge in [-0.05, 0) is 31.4 Å². The second-order valence-corrected chi connectivity index (χ2v) is 7.48. The first-order valence-corrected chi connectivity index (χ1v) is 9.88. The number of nitrogens with one attached hydrogen (secondary N) is 1. The molecule has 0 radical (unpaired) electrons. The van der Waals surface area contributed by atoms with Gasteiger partial charge in [-0.25, -0.2) is 4.79 Å². The van der Waals surface area contributed by atoms with Gasteiger partial charge in [-0.1, -0.05) is 42.5 Å². The molecule has 2 aromatic rings. The van der Waals surface area contributed by atoms with Crippen LogP contribution in [0.15, 0.2) is 48.6 Å². The topological polar surface area (TPSA) is 92.7 Å². The van der Waals surface area contributed by atoms with Gasteiger partial charge in [-0.2, -0.15) is 0 Å². The lowest BCUT2D eigenvalue weighted by Crippen LogP contribution is -2.34. The fraction of sp³-hybridized carbons (Fsp3) is 0.286. The molecule has 146 valence electrons. The van der Waals surface area contributed by atoms with E-state index in [0.29, 0.717) is 17.8 Å². The van der Waals surface area contributed by atoms with Crippen molar-refractivity contribution >= 4 is 34.2 Å². The minimum absolute atomic E-state index is 0.219. The number of thiophene rings is 1. The third-order valence-electron chi connectivity index (χ3n) is 4.61. The highest BCUT2D eigenvalue weighted by molar-refractivity contribution is 7.20. The number of ether oxygens (including phenoxy) is 1. The van der Waals surface area contributed by atoms with Crippen LogP contribution in [0, 0.1) is 11.8 Å².